The van der Waals surface area contributed by atoms with Crippen molar-refractivity contribution in [2.45, 2.75) is 26.7 Å². The molecule has 2 rings (SSSR count). The van der Waals surface area contributed by atoms with E-state index in [4.69, 9.17) is 9.47 Å². The quantitative estimate of drug-likeness (QED) is 0.629. The third kappa shape index (κ3) is 6.84. The van der Waals surface area contributed by atoms with Crippen LogP contribution in [0.5, 0.6) is 0 Å². The fourth-order valence-electron chi connectivity index (χ4n) is 3.18. The lowest BCUT2D eigenvalue weighted by atomic mass is 10.1. The van der Waals surface area contributed by atoms with E-state index < -0.39 is 0 Å². The van der Waals surface area contributed by atoms with E-state index in [1.54, 1.807) is 18.9 Å². The third-order valence-electron chi connectivity index (χ3n) is 4.59. The first-order valence-electron chi connectivity index (χ1n) is 9.55. The molecule has 1 saturated heterocycles. The van der Waals surface area contributed by atoms with Gasteiger partial charge in [0.15, 0.2) is 0 Å². The van der Waals surface area contributed by atoms with Crippen LogP contribution < -0.4 is 10.2 Å². The highest BCUT2D eigenvalue weighted by Crippen LogP contribution is 2.25. The number of nitrogens with one attached hydrogen (secondary N) is 1. The smallest absolute Gasteiger partial charge is 0.320 e. The van der Waals surface area contributed by atoms with E-state index in [0.29, 0.717) is 19.8 Å². The van der Waals surface area contributed by atoms with Gasteiger partial charge in [0, 0.05) is 38.1 Å². The highest BCUT2D eigenvalue weighted by Gasteiger charge is 2.17. The molecule has 0 saturated carbocycles. The van der Waals surface area contributed by atoms with Crippen molar-refractivity contribution < 1.29 is 19.1 Å². The number of benzene rings is 1. The van der Waals surface area contributed by atoms with E-state index in [0.717, 1.165) is 24.3 Å². The Labute approximate surface area is 161 Å². The van der Waals surface area contributed by atoms with Crippen LogP contribution in [0.1, 0.15) is 25.3 Å². The summed E-state index contributed by atoms with van der Waals surface area (Å²) in [5, 5.41) is 2.95. The zero-order valence-electron chi connectivity index (χ0n) is 16.6. The van der Waals surface area contributed by atoms with Crippen molar-refractivity contribution in [3.05, 3.63) is 23.8 Å². The summed E-state index contributed by atoms with van der Waals surface area (Å²) in [7, 11) is 1.59. The zero-order chi connectivity index (χ0) is 19.6. The Kier molecular flexibility index (Phi) is 8.54. The topological polar surface area (TPSA) is 71.1 Å². The minimum Gasteiger partial charge on any atom is -0.465 e. The molecule has 0 aliphatic carbocycles. The molecule has 1 N–H and O–H groups in total. The minimum atomic E-state index is -0.340. The molecule has 1 aliphatic rings. The van der Waals surface area contributed by atoms with Crippen molar-refractivity contribution in [1.29, 1.82) is 0 Å². The van der Waals surface area contributed by atoms with Crippen LogP contribution in [0.25, 0.3) is 0 Å². The summed E-state index contributed by atoms with van der Waals surface area (Å²) in [6.07, 6.45) is 2.46. The number of anilines is 2. The van der Waals surface area contributed by atoms with Crippen LogP contribution >= 0.6 is 0 Å². The Morgan fingerprint density at radius 1 is 1.22 bits per heavy atom. The summed E-state index contributed by atoms with van der Waals surface area (Å²) in [6.45, 7) is 7.36. The van der Waals surface area contributed by atoms with Crippen LogP contribution in [0, 0.1) is 6.92 Å². The van der Waals surface area contributed by atoms with Crippen molar-refractivity contribution in [2.75, 3.05) is 63.3 Å². The van der Waals surface area contributed by atoms with Crippen molar-refractivity contribution in [3.8, 4) is 0 Å². The number of hydrogen-bond acceptors (Lipinski definition) is 6. The number of carbonyl (C=O) groups is 2. The Morgan fingerprint density at radius 2 is 1.96 bits per heavy atom. The van der Waals surface area contributed by atoms with Gasteiger partial charge in [-0.05, 0) is 50.5 Å². The Hall–Kier alpha value is -2.12. The number of hydrogen-bond donors (Lipinski definition) is 1. The van der Waals surface area contributed by atoms with Crippen LogP contribution in [0.3, 0.4) is 0 Å². The van der Waals surface area contributed by atoms with E-state index >= 15 is 0 Å². The number of aryl methyl sites for hydroxylation is 1. The maximum Gasteiger partial charge on any atom is 0.320 e. The zero-order valence-corrected chi connectivity index (χ0v) is 16.6. The standard InChI is InChI=1S/C20H31N3O4/c1-4-27-20(25)15-22(11-12-26-3)14-19(24)21-18-8-7-17(13-16(18)2)23-9-5-6-10-23/h7-8,13H,4-6,9-12,14-15H2,1-3H3,(H,21,24). The predicted molar refractivity (Wildman–Crippen MR) is 106 cm³/mol. The van der Waals surface area contributed by atoms with Crippen molar-refractivity contribution in [3.63, 3.8) is 0 Å². The van der Waals surface area contributed by atoms with Crippen molar-refractivity contribution in [1.82, 2.24) is 4.90 Å². The summed E-state index contributed by atoms with van der Waals surface area (Å²) in [5.41, 5.74) is 3.03. The number of ether oxygens (including phenoxy) is 2. The van der Waals surface area contributed by atoms with Gasteiger partial charge in [0.1, 0.15) is 0 Å². The van der Waals surface area contributed by atoms with E-state index in [2.05, 4.69) is 22.3 Å². The molecule has 150 valence electrons. The van der Waals surface area contributed by atoms with Crippen LogP contribution in [0.15, 0.2) is 18.2 Å². The molecule has 0 radical (unpaired) electrons. The monoisotopic (exact) mass is 377 g/mol. The highest BCUT2D eigenvalue weighted by atomic mass is 16.5. The summed E-state index contributed by atoms with van der Waals surface area (Å²) in [4.78, 5) is 28.3. The van der Waals surface area contributed by atoms with E-state index in [1.807, 2.05) is 13.0 Å². The number of rotatable bonds is 10. The maximum atomic E-state index is 12.5. The molecule has 7 heteroatoms. The molecule has 0 aromatic heterocycles. The molecule has 1 aromatic rings. The normalized spacial score (nSPS) is 13.9. The molecule has 1 aromatic carbocycles. The van der Waals surface area contributed by atoms with Crippen molar-refractivity contribution >= 4 is 23.3 Å². The second-order valence-corrected chi connectivity index (χ2v) is 6.75. The van der Waals surface area contributed by atoms with Gasteiger partial charge in [0.25, 0.3) is 0 Å². The summed E-state index contributed by atoms with van der Waals surface area (Å²) < 4.78 is 10.0. The Bertz CT molecular complexity index is 630. The van der Waals surface area contributed by atoms with Gasteiger partial charge in [0.05, 0.1) is 26.3 Å². The second kappa shape index (κ2) is 10.9. The predicted octanol–water partition coefficient (Wildman–Crippen LogP) is 2.05. The number of carbonyl (C=O) groups excluding carboxylic acids is 2. The number of amides is 1. The first-order valence-corrected chi connectivity index (χ1v) is 9.55. The molecular formula is C20H31N3O4. The third-order valence-corrected chi connectivity index (χ3v) is 4.59. The van der Waals surface area contributed by atoms with Gasteiger partial charge >= 0.3 is 5.97 Å². The van der Waals surface area contributed by atoms with Gasteiger partial charge in [-0.2, -0.15) is 0 Å². The number of methoxy groups -OCH3 is 1. The largest absolute Gasteiger partial charge is 0.465 e. The fraction of sp³-hybridized carbons (Fsp3) is 0.600. The van der Waals surface area contributed by atoms with Gasteiger partial charge in [-0.25, -0.2) is 0 Å². The van der Waals surface area contributed by atoms with Gasteiger partial charge in [-0.15, -0.1) is 0 Å². The van der Waals surface area contributed by atoms with Crippen LogP contribution in [-0.2, 0) is 19.1 Å². The van der Waals surface area contributed by atoms with Gasteiger partial charge in [0.2, 0.25) is 5.91 Å². The maximum absolute atomic E-state index is 12.5. The average molecular weight is 377 g/mol. The molecule has 27 heavy (non-hydrogen) atoms. The first kappa shape index (κ1) is 21.2. The van der Waals surface area contributed by atoms with E-state index in [9.17, 15) is 9.59 Å². The molecule has 0 bridgehead atoms. The van der Waals surface area contributed by atoms with Crippen molar-refractivity contribution in [2.24, 2.45) is 0 Å². The molecule has 0 spiro atoms. The molecular weight excluding hydrogens is 346 g/mol. The lowest BCUT2D eigenvalue weighted by molar-refractivity contribution is -0.144. The first-order chi connectivity index (χ1) is 13.0. The van der Waals surface area contributed by atoms with Gasteiger partial charge in [-0.1, -0.05) is 0 Å². The minimum absolute atomic E-state index is 0.0670. The number of esters is 1. The second-order valence-electron chi connectivity index (χ2n) is 6.75. The molecule has 1 fully saturated rings. The highest BCUT2D eigenvalue weighted by molar-refractivity contribution is 5.93. The van der Waals surface area contributed by atoms with Crippen LogP contribution in [0.4, 0.5) is 11.4 Å². The van der Waals surface area contributed by atoms with Crippen LogP contribution in [0.2, 0.25) is 0 Å². The average Bonchev–Trinajstić information content (AvgIpc) is 3.16. The molecule has 1 aliphatic heterocycles. The van der Waals surface area contributed by atoms with Crippen LogP contribution in [-0.4, -0.2) is 69.8 Å². The lowest BCUT2D eigenvalue weighted by Crippen LogP contribution is -2.39. The Morgan fingerprint density at radius 3 is 2.59 bits per heavy atom. The summed E-state index contributed by atoms with van der Waals surface area (Å²) in [6, 6.07) is 6.11. The molecule has 1 amide bonds. The summed E-state index contributed by atoms with van der Waals surface area (Å²) >= 11 is 0. The molecule has 0 unspecified atom stereocenters. The number of nitrogens with zero attached hydrogens (tertiary/aromatic N) is 2. The molecule has 0 atom stereocenters. The summed E-state index contributed by atoms with van der Waals surface area (Å²) in [5.74, 6) is -0.500. The fourth-order valence-corrected chi connectivity index (χ4v) is 3.18. The Balaban J connectivity index is 1.94. The lowest BCUT2D eigenvalue weighted by Gasteiger charge is -2.21. The van der Waals surface area contributed by atoms with E-state index in [1.165, 1.54) is 18.5 Å². The van der Waals surface area contributed by atoms with E-state index in [-0.39, 0.29) is 25.0 Å². The van der Waals surface area contributed by atoms with Gasteiger partial charge in [-0.3, -0.25) is 14.5 Å². The SMILES string of the molecule is CCOC(=O)CN(CCOC)CC(=O)Nc1ccc(N2CCCC2)cc1C. The molecule has 1 heterocycles. The van der Waals surface area contributed by atoms with Gasteiger partial charge < -0.3 is 19.7 Å². The molecule has 7 nitrogen and oxygen atoms in total.